The summed E-state index contributed by atoms with van der Waals surface area (Å²) in [6.45, 7) is 2.05. The number of ether oxygens (including phenoxy) is 1. The summed E-state index contributed by atoms with van der Waals surface area (Å²) in [4.78, 5) is 16.2. The van der Waals surface area contributed by atoms with E-state index in [-0.39, 0.29) is 5.91 Å². The molecule has 4 nitrogen and oxygen atoms in total. The summed E-state index contributed by atoms with van der Waals surface area (Å²) in [5.41, 5.74) is 0.926. The molecule has 1 heterocycles. The van der Waals surface area contributed by atoms with Crippen LogP contribution < -0.4 is 9.64 Å². The Morgan fingerprint density at radius 1 is 1.04 bits per heavy atom. The second-order valence-corrected chi connectivity index (χ2v) is 6.77. The number of carbonyl (C=O) groups excluding carboxylic acids is 1. The van der Waals surface area contributed by atoms with Gasteiger partial charge in [-0.3, -0.25) is 4.79 Å². The number of aryl methyl sites for hydroxylation is 1. The third-order valence-corrected chi connectivity index (χ3v) is 4.93. The van der Waals surface area contributed by atoms with Crippen LogP contribution in [0, 0.1) is 0 Å². The maximum absolute atomic E-state index is 12.9. The Hall–Kier alpha value is -2.70. The quantitative estimate of drug-likeness (QED) is 0.771. The van der Waals surface area contributed by atoms with Crippen molar-refractivity contribution in [3.63, 3.8) is 0 Å². The van der Waals surface area contributed by atoms with E-state index in [9.17, 15) is 18.0 Å². The van der Waals surface area contributed by atoms with Gasteiger partial charge in [0.05, 0.1) is 12.7 Å². The molecule has 0 unspecified atom stereocenters. The molecule has 3 rings (SSSR count). The van der Waals surface area contributed by atoms with Crippen LogP contribution in [0.2, 0.25) is 0 Å². The Bertz CT molecular complexity index is 815. The lowest BCUT2D eigenvalue weighted by Gasteiger charge is -2.36. The summed E-state index contributed by atoms with van der Waals surface area (Å²) in [7, 11) is 1.61. The molecule has 1 fully saturated rings. The van der Waals surface area contributed by atoms with Gasteiger partial charge in [0, 0.05) is 38.3 Å². The zero-order valence-electron chi connectivity index (χ0n) is 15.7. The van der Waals surface area contributed by atoms with Crippen LogP contribution in [0.1, 0.15) is 17.5 Å². The Morgan fingerprint density at radius 3 is 2.43 bits per heavy atom. The lowest BCUT2D eigenvalue weighted by molar-refractivity contribution is -0.137. The van der Waals surface area contributed by atoms with E-state index in [2.05, 4.69) is 0 Å². The van der Waals surface area contributed by atoms with Gasteiger partial charge in [-0.25, -0.2) is 0 Å². The fourth-order valence-corrected chi connectivity index (χ4v) is 3.33. The standard InChI is InChI=1S/C21H23F3N2O2/c1-28-19-7-2-4-16(14-19)8-9-20(27)26-12-10-25(11-13-26)18-6-3-5-17(15-18)21(22,23)24/h2-7,14-15H,8-13H2,1H3. The molecule has 7 heteroatoms. The third kappa shape index (κ3) is 4.97. The molecule has 0 atom stereocenters. The van der Waals surface area contributed by atoms with Crippen molar-refractivity contribution in [2.45, 2.75) is 19.0 Å². The van der Waals surface area contributed by atoms with E-state index in [1.54, 1.807) is 18.1 Å². The largest absolute Gasteiger partial charge is 0.497 e. The number of anilines is 1. The fraction of sp³-hybridized carbons (Fsp3) is 0.381. The highest BCUT2D eigenvalue weighted by molar-refractivity contribution is 5.76. The third-order valence-electron chi connectivity index (χ3n) is 4.93. The molecule has 28 heavy (non-hydrogen) atoms. The van der Waals surface area contributed by atoms with Crippen LogP contribution in [0.5, 0.6) is 5.75 Å². The van der Waals surface area contributed by atoms with Gasteiger partial charge in [-0.1, -0.05) is 18.2 Å². The number of rotatable bonds is 5. The lowest BCUT2D eigenvalue weighted by atomic mass is 10.1. The molecular formula is C21H23F3N2O2. The van der Waals surface area contributed by atoms with E-state index in [1.807, 2.05) is 29.2 Å². The van der Waals surface area contributed by atoms with E-state index < -0.39 is 11.7 Å². The minimum absolute atomic E-state index is 0.0616. The molecule has 2 aromatic rings. The van der Waals surface area contributed by atoms with E-state index in [1.165, 1.54) is 12.1 Å². The first-order valence-electron chi connectivity index (χ1n) is 9.20. The SMILES string of the molecule is COc1cccc(CCC(=O)N2CCN(c3cccc(C(F)(F)F)c3)CC2)c1. The summed E-state index contributed by atoms with van der Waals surface area (Å²) in [6.07, 6.45) is -3.32. The molecule has 0 spiro atoms. The number of alkyl halides is 3. The Labute approximate surface area is 162 Å². The molecule has 0 N–H and O–H groups in total. The number of methoxy groups -OCH3 is 1. The fourth-order valence-electron chi connectivity index (χ4n) is 3.33. The number of benzene rings is 2. The second-order valence-electron chi connectivity index (χ2n) is 6.77. The summed E-state index contributed by atoms with van der Waals surface area (Å²) in [5, 5.41) is 0. The molecule has 1 aliphatic heterocycles. The van der Waals surface area contributed by atoms with Crippen molar-refractivity contribution in [1.82, 2.24) is 4.90 Å². The molecular weight excluding hydrogens is 369 g/mol. The Kier molecular flexibility index (Phi) is 6.11. The van der Waals surface area contributed by atoms with E-state index in [0.29, 0.717) is 44.7 Å². The van der Waals surface area contributed by atoms with Crippen molar-refractivity contribution in [3.05, 3.63) is 59.7 Å². The van der Waals surface area contributed by atoms with Crippen LogP contribution in [-0.2, 0) is 17.4 Å². The monoisotopic (exact) mass is 392 g/mol. The van der Waals surface area contributed by atoms with Gasteiger partial charge in [0.25, 0.3) is 0 Å². The van der Waals surface area contributed by atoms with Crippen LogP contribution in [0.4, 0.5) is 18.9 Å². The van der Waals surface area contributed by atoms with E-state index in [0.717, 1.165) is 17.4 Å². The average molecular weight is 392 g/mol. The van der Waals surface area contributed by atoms with Crippen LogP contribution in [0.25, 0.3) is 0 Å². The number of hydrogen-bond donors (Lipinski definition) is 0. The van der Waals surface area contributed by atoms with E-state index >= 15 is 0 Å². The first kappa shape index (κ1) is 20.0. The van der Waals surface area contributed by atoms with Gasteiger partial charge in [0.1, 0.15) is 5.75 Å². The molecule has 0 saturated carbocycles. The number of carbonyl (C=O) groups is 1. The topological polar surface area (TPSA) is 32.8 Å². The number of halogens is 3. The molecule has 0 aliphatic carbocycles. The minimum atomic E-state index is -4.35. The Balaban J connectivity index is 1.53. The summed E-state index contributed by atoms with van der Waals surface area (Å²) < 4.78 is 43.9. The van der Waals surface area contributed by atoms with E-state index in [4.69, 9.17) is 4.74 Å². The first-order valence-corrected chi connectivity index (χ1v) is 9.20. The lowest BCUT2D eigenvalue weighted by Crippen LogP contribution is -2.48. The number of piperazine rings is 1. The second kappa shape index (κ2) is 8.54. The van der Waals surface area contributed by atoms with Crippen molar-refractivity contribution < 1.29 is 22.7 Å². The normalized spacial score (nSPS) is 14.9. The van der Waals surface area contributed by atoms with Gasteiger partial charge in [-0.15, -0.1) is 0 Å². The highest BCUT2D eigenvalue weighted by atomic mass is 19.4. The smallest absolute Gasteiger partial charge is 0.416 e. The van der Waals surface area contributed by atoms with Gasteiger partial charge < -0.3 is 14.5 Å². The van der Waals surface area contributed by atoms with Gasteiger partial charge in [-0.05, 0) is 42.3 Å². The molecule has 0 bridgehead atoms. The minimum Gasteiger partial charge on any atom is -0.497 e. The summed E-state index contributed by atoms with van der Waals surface area (Å²) in [5.74, 6) is 0.825. The van der Waals surface area contributed by atoms with Gasteiger partial charge >= 0.3 is 6.18 Å². The molecule has 0 radical (unpaired) electrons. The van der Waals surface area contributed by atoms with Crippen LogP contribution in [-0.4, -0.2) is 44.1 Å². The van der Waals surface area contributed by atoms with Crippen LogP contribution in [0.15, 0.2) is 48.5 Å². The maximum Gasteiger partial charge on any atom is 0.416 e. The van der Waals surface area contributed by atoms with Crippen LogP contribution >= 0.6 is 0 Å². The maximum atomic E-state index is 12.9. The number of amides is 1. The summed E-state index contributed by atoms with van der Waals surface area (Å²) in [6, 6.07) is 13.0. The predicted octanol–water partition coefficient (Wildman–Crippen LogP) is 4.00. The molecule has 1 amide bonds. The summed E-state index contributed by atoms with van der Waals surface area (Å²) >= 11 is 0. The average Bonchev–Trinajstić information content (AvgIpc) is 2.72. The van der Waals surface area contributed by atoms with Crippen molar-refractivity contribution in [2.75, 3.05) is 38.2 Å². The van der Waals surface area contributed by atoms with Crippen molar-refractivity contribution in [2.24, 2.45) is 0 Å². The van der Waals surface area contributed by atoms with Gasteiger partial charge in [-0.2, -0.15) is 13.2 Å². The van der Waals surface area contributed by atoms with Gasteiger partial charge in [0.2, 0.25) is 5.91 Å². The number of hydrogen-bond acceptors (Lipinski definition) is 3. The Morgan fingerprint density at radius 2 is 1.75 bits per heavy atom. The predicted molar refractivity (Wildman–Crippen MR) is 102 cm³/mol. The van der Waals surface area contributed by atoms with Crippen molar-refractivity contribution in [3.8, 4) is 5.75 Å². The zero-order chi connectivity index (χ0) is 20.1. The van der Waals surface area contributed by atoms with Gasteiger partial charge in [0.15, 0.2) is 0 Å². The molecule has 2 aromatic carbocycles. The van der Waals surface area contributed by atoms with Crippen molar-refractivity contribution in [1.29, 1.82) is 0 Å². The van der Waals surface area contributed by atoms with Crippen molar-refractivity contribution >= 4 is 11.6 Å². The van der Waals surface area contributed by atoms with Crippen LogP contribution in [0.3, 0.4) is 0 Å². The highest BCUT2D eigenvalue weighted by Gasteiger charge is 2.31. The first-order chi connectivity index (χ1) is 13.4. The molecule has 150 valence electrons. The molecule has 0 aromatic heterocycles. The zero-order valence-corrected chi connectivity index (χ0v) is 15.7. The highest BCUT2D eigenvalue weighted by Crippen LogP contribution is 2.31. The molecule has 1 saturated heterocycles. The number of nitrogens with zero attached hydrogens (tertiary/aromatic N) is 2. The molecule has 1 aliphatic rings.